The lowest BCUT2D eigenvalue weighted by atomic mass is 10.0. The van der Waals surface area contributed by atoms with Gasteiger partial charge < -0.3 is 33.8 Å². The minimum atomic E-state index is -4.95. The molecule has 19 heteroatoms. The summed E-state index contributed by atoms with van der Waals surface area (Å²) in [5.74, 6) is 0.783. The third-order valence-corrected chi connectivity index (χ3v) is 17.2. The minimum absolute atomic E-state index is 0.103. The van der Waals surface area contributed by atoms with Crippen molar-refractivity contribution in [3.8, 4) is 0 Å². The zero-order valence-electron chi connectivity index (χ0n) is 55.9. The Kier molecular flexibility index (Phi) is 55.7. The van der Waals surface area contributed by atoms with Gasteiger partial charge in [-0.05, 0) is 49.4 Å². The lowest BCUT2D eigenvalue weighted by molar-refractivity contribution is -0.161. The van der Waals surface area contributed by atoms with E-state index in [2.05, 4.69) is 55.4 Å². The van der Waals surface area contributed by atoms with Crippen LogP contribution in [0.5, 0.6) is 0 Å². The van der Waals surface area contributed by atoms with Crippen LogP contribution in [0.15, 0.2) is 0 Å². The van der Waals surface area contributed by atoms with E-state index in [9.17, 15) is 43.2 Å². The van der Waals surface area contributed by atoms with Crippen molar-refractivity contribution in [2.45, 2.75) is 343 Å². The molecule has 0 radical (unpaired) electrons. The second-order valence-electron chi connectivity index (χ2n) is 26.1. The summed E-state index contributed by atoms with van der Waals surface area (Å²) in [5, 5.41) is 10.6. The van der Waals surface area contributed by atoms with Gasteiger partial charge in [0.05, 0.1) is 26.4 Å². The number of aliphatic hydroxyl groups excluding tert-OH is 1. The van der Waals surface area contributed by atoms with Crippen molar-refractivity contribution in [3.05, 3.63) is 0 Å². The van der Waals surface area contributed by atoms with Crippen LogP contribution in [0.25, 0.3) is 0 Å². The van der Waals surface area contributed by atoms with Gasteiger partial charge in [0.15, 0.2) is 12.2 Å². The van der Waals surface area contributed by atoms with E-state index < -0.39 is 97.5 Å². The van der Waals surface area contributed by atoms with Crippen LogP contribution in [0.2, 0.25) is 0 Å². The first kappa shape index (κ1) is 84.1. The molecule has 510 valence electrons. The molecule has 0 saturated heterocycles. The van der Waals surface area contributed by atoms with Gasteiger partial charge in [-0.25, -0.2) is 9.13 Å². The van der Waals surface area contributed by atoms with Gasteiger partial charge in [-0.15, -0.1) is 0 Å². The van der Waals surface area contributed by atoms with Crippen molar-refractivity contribution in [1.82, 2.24) is 0 Å². The molecular formula is C67H130O17P2. The molecule has 0 aliphatic heterocycles. The van der Waals surface area contributed by atoms with E-state index in [1.54, 1.807) is 0 Å². The molecule has 0 aromatic carbocycles. The van der Waals surface area contributed by atoms with Gasteiger partial charge in [0.1, 0.15) is 19.3 Å². The van der Waals surface area contributed by atoms with E-state index in [1.807, 2.05) is 0 Å². The van der Waals surface area contributed by atoms with Gasteiger partial charge >= 0.3 is 39.5 Å². The van der Waals surface area contributed by atoms with Crippen LogP contribution < -0.4 is 0 Å². The number of rotatable bonds is 64. The average Bonchev–Trinajstić information content (AvgIpc) is 3.51. The molecule has 0 fully saturated rings. The summed E-state index contributed by atoms with van der Waals surface area (Å²) in [4.78, 5) is 72.4. The molecular weight excluding hydrogens is 1140 g/mol. The second-order valence-corrected chi connectivity index (χ2v) is 29.0. The average molecular weight is 1270 g/mol. The molecule has 0 bridgehead atoms. The van der Waals surface area contributed by atoms with Crippen molar-refractivity contribution in [2.75, 3.05) is 39.6 Å². The largest absolute Gasteiger partial charge is 0.472 e. The number of esters is 4. The number of hydrogen-bond donors (Lipinski definition) is 3. The van der Waals surface area contributed by atoms with Gasteiger partial charge in [0, 0.05) is 25.7 Å². The summed E-state index contributed by atoms with van der Waals surface area (Å²) >= 11 is 0. The van der Waals surface area contributed by atoms with Crippen molar-refractivity contribution < 1.29 is 80.2 Å². The molecule has 0 saturated carbocycles. The standard InChI is InChI=1S/C67H130O17P2/c1-57(2)43-35-27-19-12-9-10-14-24-33-41-49-66(71)83-63(54-78-65(70)48-40-32-26-18-22-30-38-46-60(7)8)56-82-86(75,76)80-52-61(68)51-79-85(73,74)81-55-62(84-67(72)50-42-34-25-17-16-21-29-37-45-59(5)6)53-77-64(69)47-39-31-23-15-11-13-20-28-36-44-58(3)4/h57-63,68H,9-56H2,1-8H3,(H,73,74)(H,75,76)/t61?,62-,63-/m1/s1. The summed E-state index contributed by atoms with van der Waals surface area (Å²) in [6.45, 7) is 14.0. The SMILES string of the molecule is CC(C)CCCCCCCCCCCCC(=O)O[C@H](COC(=O)CCCCCCCCCC(C)C)COP(=O)(O)OCC(O)COP(=O)(O)OC[C@@H](COC(=O)CCCCCCCCCCCC(C)C)OC(=O)CCCCCCCCCCC(C)C. The Morgan fingerprint density at radius 1 is 0.291 bits per heavy atom. The summed E-state index contributed by atoms with van der Waals surface area (Å²) in [6.07, 6.45) is 37.7. The van der Waals surface area contributed by atoms with E-state index in [-0.39, 0.29) is 25.7 Å². The Hall–Kier alpha value is -1.94. The third-order valence-electron chi connectivity index (χ3n) is 15.3. The zero-order chi connectivity index (χ0) is 63.9. The number of hydrogen-bond acceptors (Lipinski definition) is 15. The maximum Gasteiger partial charge on any atom is 0.472 e. The van der Waals surface area contributed by atoms with Crippen molar-refractivity contribution >= 4 is 39.5 Å². The van der Waals surface area contributed by atoms with E-state index in [0.29, 0.717) is 31.6 Å². The zero-order valence-corrected chi connectivity index (χ0v) is 57.7. The van der Waals surface area contributed by atoms with Gasteiger partial charge in [0.2, 0.25) is 0 Å². The van der Waals surface area contributed by atoms with Gasteiger partial charge in [-0.2, -0.15) is 0 Å². The normalized spacial score (nSPS) is 14.4. The summed E-state index contributed by atoms with van der Waals surface area (Å²) in [6, 6.07) is 0. The van der Waals surface area contributed by atoms with Crippen molar-refractivity contribution in [1.29, 1.82) is 0 Å². The first-order valence-corrected chi connectivity index (χ1v) is 37.7. The maximum atomic E-state index is 13.0. The van der Waals surface area contributed by atoms with Gasteiger partial charge in [-0.1, -0.05) is 274 Å². The van der Waals surface area contributed by atoms with Crippen molar-refractivity contribution in [2.24, 2.45) is 23.7 Å². The number of ether oxygens (including phenoxy) is 4. The second kappa shape index (κ2) is 57.0. The molecule has 0 rings (SSSR count). The van der Waals surface area contributed by atoms with Crippen LogP contribution in [-0.2, 0) is 65.4 Å². The van der Waals surface area contributed by atoms with E-state index in [1.165, 1.54) is 122 Å². The molecule has 0 aliphatic carbocycles. The number of aliphatic hydroxyl groups is 1. The molecule has 0 spiro atoms. The predicted molar refractivity (Wildman–Crippen MR) is 344 cm³/mol. The van der Waals surface area contributed by atoms with Crippen LogP contribution in [0, 0.1) is 23.7 Å². The predicted octanol–water partition coefficient (Wildman–Crippen LogP) is 18.5. The Bertz CT molecular complexity index is 1680. The smallest absolute Gasteiger partial charge is 0.462 e. The fourth-order valence-electron chi connectivity index (χ4n) is 9.96. The Labute approximate surface area is 524 Å². The van der Waals surface area contributed by atoms with Gasteiger partial charge in [0.25, 0.3) is 0 Å². The monoisotopic (exact) mass is 1270 g/mol. The lowest BCUT2D eigenvalue weighted by Crippen LogP contribution is -2.30. The maximum absolute atomic E-state index is 13.0. The number of unbranched alkanes of at least 4 members (excludes halogenated alkanes) is 30. The topological polar surface area (TPSA) is 237 Å². The fraction of sp³-hybridized carbons (Fsp3) is 0.940. The highest BCUT2D eigenvalue weighted by Gasteiger charge is 2.30. The Morgan fingerprint density at radius 2 is 0.488 bits per heavy atom. The molecule has 0 aromatic rings. The Balaban J connectivity index is 5.26. The van der Waals surface area contributed by atoms with Crippen LogP contribution in [0.3, 0.4) is 0 Å². The highest BCUT2D eigenvalue weighted by Crippen LogP contribution is 2.45. The summed E-state index contributed by atoms with van der Waals surface area (Å²) in [5.41, 5.74) is 0. The first-order valence-electron chi connectivity index (χ1n) is 34.7. The molecule has 86 heavy (non-hydrogen) atoms. The quantitative estimate of drug-likeness (QED) is 0.0222. The fourth-order valence-corrected chi connectivity index (χ4v) is 11.5. The van der Waals surface area contributed by atoms with Gasteiger partial charge in [-0.3, -0.25) is 37.3 Å². The molecule has 17 nitrogen and oxygen atoms in total. The molecule has 0 amide bonds. The molecule has 0 aromatic heterocycles. The Morgan fingerprint density at radius 3 is 0.721 bits per heavy atom. The number of phosphoric ester groups is 2. The van der Waals surface area contributed by atoms with E-state index >= 15 is 0 Å². The highest BCUT2D eigenvalue weighted by molar-refractivity contribution is 7.47. The lowest BCUT2D eigenvalue weighted by Gasteiger charge is -2.21. The number of carbonyl (C=O) groups excluding carboxylic acids is 4. The summed E-state index contributed by atoms with van der Waals surface area (Å²) < 4.78 is 68.1. The molecule has 5 atom stereocenters. The van der Waals surface area contributed by atoms with Crippen LogP contribution in [-0.4, -0.2) is 96.7 Å². The third kappa shape index (κ3) is 60.9. The van der Waals surface area contributed by atoms with Crippen LogP contribution in [0.4, 0.5) is 0 Å². The van der Waals surface area contributed by atoms with E-state index in [0.717, 1.165) is 114 Å². The molecule has 0 heterocycles. The summed E-state index contributed by atoms with van der Waals surface area (Å²) in [7, 11) is -9.90. The van der Waals surface area contributed by atoms with Crippen LogP contribution in [0.1, 0.15) is 325 Å². The highest BCUT2D eigenvalue weighted by atomic mass is 31.2. The molecule has 0 aliphatic rings. The van der Waals surface area contributed by atoms with Crippen molar-refractivity contribution in [3.63, 3.8) is 0 Å². The number of carbonyl (C=O) groups is 4. The molecule has 3 N–H and O–H groups in total. The minimum Gasteiger partial charge on any atom is -0.462 e. The first-order chi connectivity index (χ1) is 41.1. The van der Waals surface area contributed by atoms with E-state index in [4.69, 9.17) is 37.0 Å². The number of phosphoric acid groups is 2. The van der Waals surface area contributed by atoms with Crippen LogP contribution >= 0.6 is 15.6 Å². The molecule has 3 unspecified atom stereocenters.